The van der Waals surface area contributed by atoms with E-state index in [1.54, 1.807) is 0 Å². The Bertz CT molecular complexity index is 1480. The largest absolute Gasteiger partial charge is 0.390 e. The zero-order valence-electron chi connectivity index (χ0n) is 21.8. The Morgan fingerprint density at radius 1 is 1.08 bits per heavy atom. The molecular weight excluding hydrogens is 462 g/mol. The molecule has 3 aliphatic rings. The van der Waals surface area contributed by atoms with Crippen LogP contribution in [0.15, 0.2) is 49.0 Å². The molecule has 2 aliphatic carbocycles. The van der Waals surface area contributed by atoms with E-state index in [9.17, 15) is 10.2 Å². The molecule has 1 aliphatic heterocycles. The SMILES string of the molecule is C=C(c1c2c3cccc4cccc(c-2cc1=C)c43)N(CCC#CC)CCOC1OC(C)C(C)C(O)C1O. The highest BCUT2D eigenvalue weighted by Gasteiger charge is 2.40. The summed E-state index contributed by atoms with van der Waals surface area (Å²) in [6.07, 6.45) is -2.36. The third-order valence-corrected chi connectivity index (χ3v) is 7.88. The fraction of sp³-hybridized carbons (Fsp3) is 0.375. The van der Waals surface area contributed by atoms with Gasteiger partial charge in [-0.15, -0.1) is 11.8 Å². The topological polar surface area (TPSA) is 62.2 Å². The van der Waals surface area contributed by atoms with Gasteiger partial charge in [-0.05, 0) is 52.2 Å². The number of aliphatic hydroxyl groups is 2. The molecule has 0 amide bonds. The molecule has 5 rings (SSSR count). The van der Waals surface area contributed by atoms with Crippen molar-refractivity contribution in [2.24, 2.45) is 5.92 Å². The van der Waals surface area contributed by atoms with Crippen molar-refractivity contribution in [1.82, 2.24) is 4.90 Å². The summed E-state index contributed by atoms with van der Waals surface area (Å²) in [5.74, 6) is 5.96. The van der Waals surface area contributed by atoms with Gasteiger partial charge in [-0.3, -0.25) is 0 Å². The van der Waals surface area contributed by atoms with Crippen molar-refractivity contribution in [3.63, 3.8) is 0 Å². The summed E-state index contributed by atoms with van der Waals surface area (Å²) < 4.78 is 11.8. The van der Waals surface area contributed by atoms with Gasteiger partial charge in [0.1, 0.15) is 6.10 Å². The lowest BCUT2D eigenvalue weighted by atomic mass is 9.92. The maximum Gasteiger partial charge on any atom is 0.186 e. The number of aliphatic hydroxyl groups excluding tert-OH is 2. The van der Waals surface area contributed by atoms with Crippen molar-refractivity contribution >= 4 is 33.8 Å². The molecular formula is C32H35NO4. The van der Waals surface area contributed by atoms with E-state index in [1.807, 2.05) is 20.8 Å². The number of nitrogens with zero attached hydrogens (tertiary/aromatic N) is 1. The van der Waals surface area contributed by atoms with E-state index in [0.717, 1.165) is 16.5 Å². The number of benzene rings is 2. The van der Waals surface area contributed by atoms with E-state index in [-0.39, 0.29) is 12.0 Å². The van der Waals surface area contributed by atoms with Crippen molar-refractivity contribution in [2.45, 2.75) is 51.8 Å². The summed E-state index contributed by atoms with van der Waals surface area (Å²) in [6.45, 7) is 16.0. The van der Waals surface area contributed by atoms with E-state index in [1.165, 1.54) is 32.7 Å². The van der Waals surface area contributed by atoms with E-state index >= 15 is 0 Å². The Morgan fingerprint density at radius 3 is 2.54 bits per heavy atom. The van der Waals surface area contributed by atoms with Gasteiger partial charge in [0.15, 0.2) is 6.29 Å². The molecule has 0 spiro atoms. The second kappa shape index (κ2) is 10.3. The lowest BCUT2D eigenvalue weighted by Crippen LogP contribution is -2.53. The molecule has 2 aromatic carbocycles. The van der Waals surface area contributed by atoms with E-state index in [2.05, 4.69) is 72.4 Å². The van der Waals surface area contributed by atoms with Crippen LogP contribution in [0.5, 0.6) is 0 Å². The smallest absolute Gasteiger partial charge is 0.186 e. The Hall–Kier alpha value is -3.14. The molecule has 5 atom stereocenters. The van der Waals surface area contributed by atoms with Gasteiger partial charge in [-0.25, -0.2) is 0 Å². The van der Waals surface area contributed by atoms with Gasteiger partial charge in [-0.2, -0.15) is 0 Å². The first kappa shape index (κ1) is 25.5. The Morgan fingerprint density at radius 2 is 1.81 bits per heavy atom. The van der Waals surface area contributed by atoms with Crippen LogP contribution in [0.3, 0.4) is 0 Å². The molecule has 0 radical (unpaired) electrons. The molecule has 5 nitrogen and oxygen atoms in total. The predicted molar refractivity (Wildman–Crippen MR) is 150 cm³/mol. The third kappa shape index (κ3) is 4.45. The summed E-state index contributed by atoms with van der Waals surface area (Å²) in [5, 5.41) is 26.7. The molecule has 1 fully saturated rings. The van der Waals surface area contributed by atoms with E-state index < -0.39 is 18.5 Å². The van der Waals surface area contributed by atoms with Crippen molar-refractivity contribution in [3.8, 4) is 23.0 Å². The fourth-order valence-corrected chi connectivity index (χ4v) is 5.65. The average molecular weight is 498 g/mol. The second-order valence-electron chi connectivity index (χ2n) is 10.1. The van der Waals surface area contributed by atoms with Gasteiger partial charge in [0, 0.05) is 42.3 Å². The Kier molecular flexibility index (Phi) is 7.11. The molecule has 0 bridgehead atoms. The van der Waals surface area contributed by atoms with Gasteiger partial charge in [0.25, 0.3) is 0 Å². The summed E-state index contributed by atoms with van der Waals surface area (Å²) in [7, 11) is 0. The molecule has 192 valence electrons. The number of fused-ring (bicyclic) bond motifs is 3. The van der Waals surface area contributed by atoms with Crippen LogP contribution in [0.4, 0.5) is 0 Å². The van der Waals surface area contributed by atoms with Crippen LogP contribution in [-0.4, -0.2) is 59.4 Å². The first-order chi connectivity index (χ1) is 17.8. The van der Waals surface area contributed by atoms with Crippen LogP contribution in [0.25, 0.3) is 44.9 Å². The minimum absolute atomic E-state index is 0.165. The second-order valence-corrected chi connectivity index (χ2v) is 10.1. The number of rotatable bonds is 8. The summed E-state index contributed by atoms with van der Waals surface area (Å²) in [4.78, 5) is 2.18. The minimum Gasteiger partial charge on any atom is -0.390 e. The predicted octanol–water partition coefficient (Wildman–Crippen LogP) is 4.47. The van der Waals surface area contributed by atoms with Gasteiger partial charge in [-0.1, -0.05) is 56.5 Å². The highest BCUT2D eigenvalue weighted by atomic mass is 16.7. The van der Waals surface area contributed by atoms with E-state index in [0.29, 0.717) is 26.1 Å². The molecule has 0 aromatic heterocycles. The summed E-state index contributed by atoms with van der Waals surface area (Å²) in [5.41, 5.74) is 4.32. The molecule has 0 saturated carbocycles. The van der Waals surface area contributed by atoms with Crippen molar-refractivity contribution in [3.05, 3.63) is 59.8 Å². The summed E-state index contributed by atoms with van der Waals surface area (Å²) in [6, 6.07) is 15.0. The van der Waals surface area contributed by atoms with Crippen LogP contribution in [0, 0.1) is 17.8 Å². The number of hydrogen-bond donors (Lipinski definition) is 2. The van der Waals surface area contributed by atoms with Crippen LogP contribution >= 0.6 is 0 Å². The molecule has 2 aromatic rings. The van der Waals surface area contributed by atoms with Crippen molar-refractivity contribution in [2.75, 3.05) is 19.7 Å². The molecule has 5 heteroatoms. The number of hydrogen-bond acceptors (Lipinski definition) is 5. The molecule has 37 heavy (non-hydrogen) atoms. The highest BCUT2D eigenvalue weighted by molar-refractivity contribution is 6.25. The highest BCUT2D eigenvalue weighted by Crippen LogP contribution is 2.45. The van der Waals surface area contributed by atoms with Crippen LogP contribution < -0.4 is 5.22 Å². The first-order valence-electron chi connectivity index (χ1n) is 13.0. The van der Waals surface area contributed by atoms with Crippen LogP contribution in [-0.2, 0) is 9.47 Å². The standard InChI is InChI=1S/C32H35NO4/c1-6-7-8-15-33(16-17-36-32-31(35)30(34)20(3)22(5)37-32)21(4)27-19(2)18-26-24-13-9-11-23-12-10-14-25(28(23)24)29(26)27/h9-14,18,20,22,30-32,34-35H,2,4,8,15-17H2,1,3,5H3. The number of ether oxygens (including phenoxy) is 2. The monoisotopic (exact) mass is 497 g/mol. The maximum absolute atomic E-state index is 10.5. The molecule has 1 saturated heterocycles. The molecule has 2 N–H and O–H groups in total. The zero-order chi connectivity index (χ0) is 26.3. The quantitative estimate of drug-likeness (QED) is 0.352. The van der Waals surface area contributed by atoms with E-state index in [4.69, 9.17) is 9.47 Å². The Balaban J connectivity index is 1.42. The lowest BCUT2D eigenvalue weighted by molar-refractivity contribution is -0.280. The van der Waals surface area contributed by atoms with Gasteiger partial charge in [0.05, 0.1) is 18.8 Å². The van der Waals surface area contributed by atoms with Crippen LogP contribution in [0.2, 0.25) is 0 Å². The maximum atomic E-state index is 10.5. The summed E-state index contributed by atoms with van der Waals surface area (Å²) >= 11 is 0. The lowest BCUT2D eigenvalue weighted by Gasteiger charge is -2.40. The fourth-order valence-electron chi connectivity index (χ4n) is 5.65. The van der Waals surface area contributed by atoms with Gasteiger partial charge < -0.3 is 24.6 Å². The zero-order valence-corrected chi connectivity index (χ0v) is 21.8. The van der Waals surface area contributed by atoms with Crippen molar-refractivity contribution in [1.29, 1.82) is 0 Å². The molecule has 5 unspecified atom stereocenters. The Labute approximate surface area is 218 Å². The minimum atomic E-state index is -1.09. The third-order valence-electron chi connectivity index (χ3n) is 7.88. The van der Waals surface area contributed by atoms with Crippen molar-refractivity contribution < 1.29 is 19.7 Å². The van der Waals surface area contributed by atoms with Gasteiger partial charge >= 0.3 is 0 Å². The average Bonchev–Trinajstić information content (AvgIpc) is 3.39. The van der Waals surface area contributed by atoms with Crippen LogP contribution in [0.1, 0.15) is 32.8 Å². The van der Waals surface area contributed by atoms with Gasteiger partial charge in [0.2, 0.25) is 0 Å². The normalized spacial score (nSPS) is 24.0. The first-order valence-corrected chi connectivity index (χ1v) is 13.0. The molecule has 1 heterocycles.